The molecule has 0 unspecified atom stereocenters. The van der Waals surface area contributed by atoms with E-state index in [4.69, 9.17) is 4.74 Å². The zero-order valence-corrected chi connectivity index (χ0v) is 15.0. The van der Waals surface area contributed by atoms with Gasteiger partial charge < -0.3 is 15.0 Å². The largest absolute Gasteiger partial charge is 0.494 e. The molecule has 1 aliphatic heterocycles. The number of ether oxygens (including phenoxy) is 1. The van der Waals surface area contributed by atoms with Crippen LogP contribution in [-0.2, 0) is 9.84 Å². The number of amides is 2. The van der Waals surface area contributed by atoms with Crippen molar-refractivity contribution in [2.24, 2.45) is 0 Å². The normalized spacial score (nSPS) is 14.6. The molecule has 138 valence electrons. The second-order valence-electron chi connectivity index (χ2n) is 5.91. The zero-order chi connectivity index (χ0) is 18.7. The molecule has 0 bridgehead atoms. The number of sulfone groups is 1. The van der Waals surface area contributed by atoms with Gasteiger partial charge in [0.15, 0.2) is 9.84 Å². The summed E-state index contributed by atoms with van der Waals surface area (Å²) >= 11 is 0. The molecule has 3 rings (SSSR count). The minimum Gasteiger partial charge on any atom is -0.494 e. The molecule has 0 aromatic heterocycles. The maximum absolute atomic E-state index is 13.0. The Hall–Kier alpha value is -2.61. The number of carbonyl (C=O) groups is 1. The summed E-state index contributed by atoms with van der Waals surface area (Å²) in [6.45, 7) is 2.64. The first-order valence-corrected chi connectivity index (χ1v) is 9.73. The summed E-state index contributed by atoms with van der Waals surface area (Å²) in [5.74, 6) is 0.217. The van der Waals surface area contributed by atoms with Crippen LogP contribution >= 0.6 is 0 Å². The molecule has 2 amide bonds. The lowest BCUT2D eigenvalue weighted by Gasteiger charge is -2.38. The highest BCUT2D eigenvalue weighted by atomic mass is 32.2. The van der Waals surface area contributed by atoms with E-state index in [0.717, 1.165) is 12.1 Å². The highest BCUT2D eigenvalue weighted by Gasteiger charge is 2.40. The summed E-state index contributed by atoms with van der Waals surface area (Å²) < 4.78 is 43.2. The molecule has 0 radical (unpaired) electrons. The topological polar surface area (TPSA) is 75.7 Å². The van der Waals surface area contributed by atoms with Crippen molar-refractivity contribution in [1.29, 1.82) is 0 Å². The number of carbonyl (C=O) groups excluding carboxylic acids is 1. The van der Waals surface area contributed by atoms with E-state index in [-0.39, 0.29) is 24.0 Å². The first-order valence-electron chi connectivity index (χ1n) is 8.18. The molecular weight excluding hydrogens is 359 g/mol. The van der Waals surface area contributed by atoms with E-state index in [1.54, 1.807) is 24.3 Å². The van der Waals surface area contributed by atoms with Crippen molar-refractivity contribution in [3.63, 3.8) is 0 Å². The van der Waals surface area contributed by atoms with Gasteiger partial charge in [0, 0.05) is 18.8 Å². The molecular formula is C18H19FN2O4S. The summed E-state index contributed by atoms with van der Waals surface area (Å²) in [7, 11) is -3.58. The van der Waals surface area contributed by atoms with Gasteiger partial charge in [0.2, 0.25) is 0 Å². The van der Waals surface area contributed by atoms with Crippen molar-refractivity contribution in [1.82, 2.24) is 4.90 Å². The lowest BCUT2D eigenvalue weighted by atomic mass is 10.2. The molecule has 1 heterocycles. The molecule has 0 spiro atoms. The quantitative estimate of drug-likeness (QED) is 0.812. The van der Waals surface area contributed by atoms with E-state index in [9.17, 15) is 17.6 Å². The van der Waals surface area contributed by atoms with Gasteiger partial charge in [0.05, 0.1) is 11.5 Å². The van der Waals surface area contributed by atoms with Crippen molar-refractivity contribution in [2.75, 3.05) is 25.0 Å². The Labute approximate surface area is 151 Å². The van der Waals surface area contributed by atoms with Gasteiger partial charge in [-0.3, -0.25) is 0 Å². The summed E-state index contributed by atoms with van der Waals surface area (Å²) in [5.41, 5.74) is 0.600. The molecule has 0 aliphatic carbocycles. The Balaban J connectivity index is 1.57. The second-order valence-corrected chi connectivity index (χ2v) is 8.14. The number of hydrogen-bond acceptors (Lipinski definition) is 4. The van der Waals surface area contributed by atoms with Gasteiger partial charge in [0.1, 0.15) is 16.8 Å². The lowest BCUT2D eigenvalue weighted by molar-refractivity contribution is 0.182. The van der Waals surface area contributed by atoms with Crippen LogP contribution in [0.25, 0.3) is 0 Å². The summed E-state index contributed by atoms with van der Waals surface area (Å²) in [5, 5.41) is 2.04. The highest BCUT2D eigenvalue weighted by molar-refractivity contribution is 7.92. The number of anilines is 1. The minimum absolute atomic E-state index is 0.0653. The Morgan fingerprint density at radius 1 is 1.15 bits per heavy atom. The molecule has 8 heteroatoms. The van der Waals surface area contributed by atoms with Gasteiger partial charge in [-0.2, -0.15) is 0 Å². The van der Waals surface area contributed by atoms with Gasteiger partial charge in [0.25, 0.3) is 0 Å². The fourth-order valence-corrected chi connectivity index (χ4v) is 4.27. The van der Waals surface area contributed by atoms with Crippen molar-refractivity contribution in [3.8, 4) is 5.75 Å². The first-order chi connectivity index (χ1) is 12.4. The fraction of sp³-hybridized carbons (Fsp3) is 0.278. The Kier molecular flexibility index (Phi) is 5.13. The predicted molar refractivity (Wildman–Crippen MR) is 95.6 cm³/mol. The molecule has 1 N–H and O–H groups in total. The average molecular weight is 378 g/mol. The van der Waals surface area contributed by atoms with Crippen LogP contribution in [0, 0.1) is 5.82 Å². The van der Waals surface area contributed by atoms with Gasteiger partial charge in [-0.15, -0.1) is 0 Å². The molecule has 26 heavy (non-hydrogen) atoms. The number of nitrogens with zero attached hydrogens (tertiary/aromatic N) is 1. The number of nitrogens with one attached hydrogen (secondary N) is 1. The summed E-state index contributed by atoms with van der Waals surface area (Å²) in [6, 6.07) is 11.3. The summed E-state index contributed by atoms with van der Waals surface area (Å²) in [4.78, 5) is 13.7. The zero-order valence-electron chi connectivity index (χ0n) is 14.2. The molecule has 2 aromatic rings. The SMILES string of the molecule is CCOc1ccc(NC(=O)N2CC(S(=O)(=O)c3ccc(F)cc3)C2)cc1. The van der Waals surface area contributed by atoms with E-state index in [2.05, 4.69) is 5.32 Å². The number of urea groups is 1. The highest BCUT2D eigenvalue weighted by Crippen LogP contribution is 2.25. The Morgan fingerprint density at radius 2 is 1.77 bits per heavy atom. The number of likely N-dealkylation sites (tertiary alicyclic amines) is 1. The van der Waals surface area contributed by atoms with Crippen LogP contribution in [0.4, 0.5) is 14.9 Å². The molecule has 0 atom stereocenters. The van der Waals surface area contributed by atoms with Crippen LogP contribution in [0.5, 0.6) is 5.75 Å². The van der Waals surface area contributed by atoms with E-state index < -0.39 is 20.9 Å². The van der Waals surface area contributed by atoms with E-state index in [1.165, 1.54) is 17.0 Å². The fourth-order valence-electron chi connectivity index (χ4n) is 2.62. The van der Waals surface area contributed by atoms with Crippen molar-refractivity contribution in [3.05, 3.63) is 54.3 Å². The third-order valence-corrected chi connectivity index (χ3v) is 6.24. The molecule has 1 aliphatic rings. The molecule has 1 saturated heterocycles. The van der Waals surface area contributed by atoms with Crippen LogP contribution < -0.4 is 10.1 Å². The third kappa shape index (κ3) is 3.80. The average Bonchev–Trinajstić information content (AvgIpc) is 2.55. The van der Waals surface area contributed by atoms with Crippen LogP contribution in [0.1, 0.15) is 6.92 Å². The molecule has 6 nitrogen and oxygen atoms in total. The Bertz CT molecular complexity index is 876. The van der Waals surface area contributed by atoms with Gasteiger partial charge in [-0.25, -0.2) is 17.6 Å². The van der Waals surface area contributed by atoms with Gasteiger partial charge >= 0.3 is 6.03 Å². The number of rotatable bonds is 5. The monoisotopic (exact) mass is 378 g/mol. The van der Waals surface area contributed by atoms with Crippen LogP contribution in [-0.4, -0.2) is 44.3 Å². The van der Waals surface area contributed by atoms with Crippen molar-refractivity contribution < 1.29 is 22.3 Å². The van der Waals surface area contributed by atoms with Crippen LogP contribution in [0.15, 0.2) is 53.4 Å². The maximum Gasteiger partial charge on any atom is 0.321 e. The number of halogens is 1. The first kappa shape index (κ1) is 18.2. The Morgan fingerprint density at radius 3 is 2.35 bits per heavy atom. The van der Waals surface area contributed by atoms with E-state index in [0.29, 0.717) is 18.0 Å². The molecule has 0 saturated carbocycles. The van der Waals surface area contributed by atoms with Crippen LogP contribution in [0.3, 0.4) is 0 Å². The van der Waals surface area contributed by atoms with Crippen LogP contribution in [0.2, 0.25) is 0 Å². The molecule has 1 fully saturated rings. The van der Waals surface area contributed by atoms with E-state index >= 15 is 0 Å². The van der Waals surface area contributed by atoms with Crippen molar-refractivity contribution >= 4 is 21.6 Å². The summed E-state index contributed by atoms with van der Waals surface area (Å²) in [6.07, 6.45) is 0. The standard InChI is InChI=1S/C18H19FN2O4S/c1-2-25-15-7-5-14(6-8-15)20-18(22)21-11-17(12-21)26(23,24)16-9-3-13(19)4-10-16/h3-10,17H,2,11-12H2,1H3,(H,20,22). The maximum atomic E-state index is 13.0. The minimum atomic E-state index is -3.58. The van der Waals surface area contributed by atoms with Gasteiger partial charge in [-0.05, 0) is 55.5 Å². The third-order valence-electron chi connectivity index (χ3n) is 4.13. The molecule has 2 aromatic carbocycles. The lowest BCUT2D eigenvalue weighted by Crippen LogP contribution is -2.58. The number of benzene rings is 2. The predicted octanol–water partition coefficient (Wildman–Crippen LogP) is 2.91. The second kappa shape index (κ2) is 7.33. The van der Waals surface area contributed by atoms with Crippen molar-refractivity contribution in [2.45, 2.75) is 17.1 Å². The number of hydrogen-bond donors (Lipinski definition) is 1. The smallest absolute Gasteiger partial charge is 0.321 e. The van der Waals surface area contributed by atoms with Gasteiger partial charge in [-0.1, -0.05) is 0 Å². The van der Waals surface area contributed by atoms with E-state index in [1.807, 2.05) is 6.92 Å².